The van der Waals surface area contributed by atoms with Gasteiger partial charge in [-0.15, -0.1) is 0 Å². The number of hydrazine groups is 1. The van der Waals surface area contributed by atoms with E-state index in [1.165, 1.54) is 6.07 Å². The maximum Gasteiger partial charge on any atom is 0.433 e. The summed E-state index contributed by atoms with van der Waals surface area (Å²) < 4.78 is 79.3. The van der Waals surface area contributed by atoms with Crippen LogP contribution in [0.25, 0.3) is 10.9 Å². The smallest absolute Gasteiger partial charge is 0.387 e. The zero-order valence-electron chi connectivity index (χ0n) is 14.6. The second-order valence-electron chi connectivity index (χ2n) is 6.30. The summed E-state index contributed by atoms with van der Waals surface area (Å²) in [6.07, 6.45) is -9.00. The van der Waals surface area contributed by atoms with Crippen molar-refractivity contribution in [3.63, 3.8) is 0 Å². The number of aliphatic hydroxyl groups is 1. The predicted molar refractivity (Wildman–Crippen MR) is 90.7 cm³/mol. The Balaban J connectivity index is 0.00000136. The minimum absolute atomic E-state index is 0.132. The molecule has 1 aromatic heterocycles. The van der Waals surface area contributed by atoms with Crippen molar-refractivity contribution >= 4 is 10.9 Å². The summed E-state index contributed by atoms with van der Waals surface area (Å²) in [6, 6.07) is 3.16. The molecule has 1 aliphatic heterocycles. The van der Waals surface area contributed by atoms with Gasteiger partial charge in [0.2, 0.25) is 0 Å². The molecule has 1 aromatic carbocycles. The standard InChI is InChI=1S/C17H16F6N2O.H4N2/c18-16(19,20)11-5-3-4-9-10(15(26)12-6-1-2-7-24-12)8-13(17(21,22)23)25-14(9)11;1-2/h3-5,8,12,15,24,26H,1-2,6-7H2;1-2H2/t12-,15+;/m1./s1. The van der Waals surface area contributed by atoms with Crippen molar-refractivity contribution in [1.29, 1.82) is 0 Å². The van der Waals surface area contributed by atoms with Gasteiger partial charge < -0.3 is 10.4 Å². The average molecular weight is 410 g/mol. The van der Waals surface area contributed by atoms with Crippen molar-refractivity contribution in [2.75, 3.05) is 6.54 Å². The van der Waals surface area contributed by atoms with Crippen LogP contribution in [0.5, 0.6) is 0 Å². The molecule has 3 rings (SSSR count). The average Bonchev–Trinajstić information content (AvgIpc) is 2.67. The van der Waals surface area contributed by atoms with Gasteiger partial charge in [0.05, 0.1) is 17.2 Å². The van der Waals surface area contributed by atoms with Gasteiger partial charge in [-0.05, 0) is 37.1 Å². The molecule has 1 saturated heterocycles. The number of alkyl halides is 6. The Morgan fingerprint density at radius 3 is 2.29 bits per heavy atom. The van der Waals surface area contributed by atoms with Gasteiger partial charge >= 0.3 is 12.4 Å². The molecule has 156 valence electrons. The Hall–Kier alpha value is -1.95. The van der Waals surface area contributed by atoms with Crippen molar-refractivity contribution in [3.05, 3.63) is 41.1 Å². The predicted octanol–water partition coefficient (Wildman–Crippen LogP) is 3.27. The van der Waals surface area contributed by atoms with Crippen LogP contribution in [0.1, 0.15) is 42.2 Å². The van der Waals surface area contributed by atoms with Gasteiger partial charge in [-0.1, -0.05) is 18.6 Å². The number of aromatic nitrogens is 1. The van der Waals surface area contributed by atoms with Crippen LogP contribution in [0, 0.1) is 0 Å². The highest BCUT2D eigenvalue weighted by molar-refractivity contribution is 5.86. The van der Waals surface area contributed by atoms with Gasteiger partial charge in [0.25, 0.3) is 0 Å². The number of pyridine rings is 1. The molecule has 0 amide bonds. The van der Waals surface area contributed by atoms with Gasteiger partial charge in [0, 0.05) is 11.4 Å². The first kappa shape index (κ1) is 22.3. The zero-order chi connectivity index (χ0) is 21.1. The molecule has 11 heteroatoms. The van der Waals surface area contributed by atoms with E-state index in [2.05, 4.69) is 22.0 Å². The van der Waals surface area contributed by atoms with Crippen molar-refractivity contribution < 1.29 is 31.4 Å². The van der Waals surface area contributed by atoms with Crippen LogP contribution >= 0.6 is 0 Å². The lowest BCUT2D eigenvalue weighted by Crippen LogP contribution is -2.39. The van der Waals surface area contributed by atoms with Crippen molar-refractivity contribution in [2.45, 2.75) is 43.8 Å². The SMILES string of the molecule is NN.O[C@@H](c1cc(C(F)(F)F)nc2c(C(F)(F)F)cccc12)[C@H]1CCCCN1. The fourth-order valence-electron chi connectivity index (χ4n) is 3.26. The molecular formula is C17H20F6N4O. The lowest BCUT2D eigenvalue weighted by atomic mass is 9.91. The lowest BCUT2D eigenvalue weighted by Gasteiger charge is -2.29. The second kappa shape index (κ2) is 8.60. The van der Waals surface area contributed by atoms with Gasteiger partial charge in [0.15, 0.2) is 0 Å². The fourth-order valence-corrected chi connectivity index (χ4v) is 3.26. The summed E-state index contributed by atoms with van der Waals surface area (Å²) in [5.41, 5.74) is -3.72. The summed E-state index contributed by atoms with van der Waals surface area (Å²) in [4.78, 5) is 3.22. The first-order chi connectivity index (χ1) is 13.1. The number of para-hydroxylation sites is 1. The fraction of sp³-hybridized carbons (Fsp3) is 0.471. The summed E-state index contributed by atoms with van der Waals surface area (Å²) in [5.74, 6) is 8.00. The molecule has 2 atom stereocenters. The minimum atomic E-state index is -4.93. The van der Waals surface area contributed by atoms with Crippen LogP contribution in [0.15, 0.2) is 24.3 Å². The van der Waals surface area contributed by atoms with E-state index < -0.39 is 41.3 Å². The monoisotopic (exact) mass is 410 g/mol. The molecule has 6 N–H and O–H groups in total. The first-order valence-corrected chi connectivity index (χ1v) is 8.42. The van der Waals surface area contributed by atoms with Crippen LogP contribution in [0.4, 0.5) is 26.3 Å². The van der Waals surface area contributed by atoms with Crippen LogP contribution in [-0.2, 0) is 12.4 Å². The number of piperidine rings is 1. The second-order valence-corrected chi connectivity index (χ2v) is 6.30. The molecule has 1 aliphatic rings. The quantitative estimate of drug-likeness (QED) is 0.346. The molecule has 0 saturated carbocycles. The van der Waals surface area contributed by atoms with E-state index in [0.29, 0.717) is 25.1 Å². The molecule has 2 heterocycles. The Bertz CT molecular complexity index is 803. The lowest BCUT2D eigenvalue weighted by molar-refractivity contribution is -0.142. The van der Waals surface area contributed by atoms with Gasteiger partial charge in [0.1, 0.15) is 5.69 Å². The number of hydrogen-bond donors (Lipinski definition) is 4. The molecule has 2 aromatic rings. The third-order valence-corrected chi connectivity index (χ3v) is 4.52. The molecule has 0 bridgehead atoms. The molecule has 0 aliphatic carbocycles. The molecule has 0 unspecified atom stereocenters. The number of rotatable bonds is 2. The first-order valence-electron chi connectivity index (χ1n) is 8.42. The highest BCUT2D eigenvalue weighted by atomic mass is 19.4. The van der Waals surface area contributed by atoms with Crippen molar-refractivity contribution in [3.8, 4) is 0 Å². The molecule has 1 fully saturated rings. The van der Waals surface area contributed by atoms with E-state index in [9.17, 15) is 31.4 Å². The number of benzene rings is 1. The summed E-state index contributed by atoms with van der Waals surface area (Å²) in [6.45, 7) is 0.588. The van der Waals surface area contributed by atoms with E-state index in [-0.39, 0.29) is 10.9 Å². The summed E-state index contributed by atoms with van der Waals surface area (Å²) >= 11 is 0. The number of halogens is 6. The Morgan fingerprint density at radius 1 is 1.07 bits per heavy atom. The molecule has 0 spiro atoms. The molecule has 28 heavy (non-hydrogen) atoms. The summed E-state index contributed by atoms with van der Waals surface area (Å²) in [5, 5.41) is 13.5. The molecule has 0 radical (unpaired) electrons. The van der Waals surface area contributed by atoms with Crippen LogP contribution in [0.3, 0.4) is 0 Å². The van der Waals surface area contributed by atoms with Gasteiger partial charge in [-0.3, -0.25) is 11.7 Å². The molecular weight excluding hydrogens is 390 g/mol. The van der Waals surface area contributed by atoms with Gasteiger partial charge in [-0.2, -0.15) is 26.3 Å². The van der Waals surface area contributed by atoms with E-state index in [0.717, 1.165) is 18.9 Å². The number of aliphatic hydroxyl groups excluding tert-OH is 1. The number of nitrogens with one attached hydrogen (secondary N) is 1. The molecule has 5 nitrogen and oxygen atoms in total. The Kier molecular flexibility index (Phi) is 6.86. The Labute approximate surface area is 156 Å². The van der Waals surface area contributed by atoms with Crippen LogP contribution < -0.4 is 17.0 Å². The number of nitrogens with two attached hydrogens (primary N) is 2. The summed E-state index contributed by atoms with van der Waals surface area (Å²) in [7, 11) is 0. The van der Waals surface area contributed by atoms with E-state index in [1.807, 2.05) is 0 Å². The maximum absolute atomic E-state index is 13.2. The number of fused-ring (bicyclic) bond motifs is 1. The van der Waals surface area contributed by atoms with E-state index >= 15 is 0 Å². The van der Waals surface area contributed by atoms with Crippen molar-refractivity contribution in [2.24, 2.45) is 11.7 Å². The van der Waals surface area contributed by atoms with Crippen LogP contribution in [0.2, 0.25) is 0 Å². The number of hydrogen-bond acceptors (Lipinski definition) is 5. The van der Waals surface area contributed by atoms with Crippen molar-refractivity contribution in [1.82, 2.24) is 10.3 Å². The van der Waals surface area contributed by atoms with E-state index in [4.69, 9.17) is 0 Å². The largest absolute Gasteiger partial charge is 0.433 e. The van der Waals surface area contributed by atoms with Gasteiger partial charge in [-0.25, -0.2) is 4.98 Å². The zero-order valence-corrected chi connectivity index (χ0v) is 14.6. The highest BCUT2D eigenvalue weighted by Crippen LogP contribution is 2.39. The Morgan fingerprint density at radius 2 is 1.75 bits per heavy atom. The maximum atomic E-state index is 13.2. The number of nitrogens with zero attached hydrogens (tertiary/aromatic N) is 1. The minimum Gasteiger partial charge on any atom is -0.387 e. The normalized spacial score (nSPS) is 19.1. The topological polar surface area (TPSA) is 97.2 Å². The highest BCUT2D eigenvalue weighted by Gasteiger charge is 2.38. The third-order valence-electron chi connectivity index (χ3n) is 4.52. The van der Waals surface area contributed by atoms with E-state index in [1.54, 1.807) is 0 Å². The van der Waals surface area contributed by atoms with Crippen LogP contribution in [-0.4, -0.2) is 22.7 Å². The third kappa shape index (κ3) is 4.72.